The van der Waals surface area contributed by atoms with Crippen LogP contribution in [-0.4, -0.2) is 202 Å². The number of rotatable bonds is 10. The SMILES string of the molecule is CC1(C)OB(c2ccc(OCCN3CCOCC3)cc2)OC1(C)C.CN1CC2(CNC(=O)c3c2[nH]c2c3CCc3cnc(-c4ccc(OCCN5CCOCC5)cc4)cc3-2)C1.CN1CC2(CNC(=O)c3c2[nH]c2c3CCc3cnc(Cl)cc3-2)C1. The molecule has 2 aromatic carbocycles. The highest BCUT2D eigenvalue weighted by Gasteiger charge is 2.53. The van der Waals surface area contributed by atoms with Crippen LogP contribution in [0, 0.1) is 0 Å². The van der Waals surface area contributed by atoms with E-state index in [-0.39, 0.29) is 41.0 Å². The predicted octanol–water partition coefficient (Wildman–Crippen LogP) is 5.93. The Bertz CT molecular complexity index is 3400. The molecule has 9 aliphatic rings. The van der Waals surface area contributed by atoms with Gasteiger partial charge < -0.3 is 58.7 Å². The topological polar surface area (TPSA) is 184 Å². The molecule has 7 aliphatic heterocycles. The van der Waals surface area contributed by atoms with Gasteiger partial charge in [0.25, 0.3) is 11.8 Å². The van der Waals surface area contributed by atoms with Gasteiger partial charge in [-0.1, -0.05) is 23.7 Å². The summed E-state index contributed by atoms with van der Waals surface area (Å²) >= 11 is 6.10. The van der Waals surface area contributed by atoms with Gasteiger partial charge in [-0.25, -0.2) is 4.98 Å². The maximum atomic E-state index is 12.9. The van der Waals surface area contributed by atoms with E-state index >= 15 is 0 Å². The number of aromatic amines is 2. The molecular formula is C64H78BClN10O8. The number of hydrogen-bond donors (Lipinski definition) is 4. The Labute approximate surface area is 497 Å². The standard InChI is InChI=1S/C29H33N5O3.C18H28BNO4.C17H17ClN4O/c1-33-17-29(18-33)16-31-28(35)25-22-7-4-20-15-30-24(14-23(20)26(22)32-27(25)29)19-2-5-21(6-3-19)37-13-10-34-8-11-36-12-9-34;1-17(2)18(3,4)24-19(23-17)15-5-7-16(8-6-15)22-14-11-20-9-12-21-13-10-20;1-22-7-17(8-22)6-20-16(23)13-10-3-2-9-5-19-12(18)4-11(9)14(10)21-15(13)17/h2-3,5-6,14-15,32H,4,7-13,16-18H2,1H3,(H,31,35);5-8H,9-14H2,1-4H3;4-5,21H,2-3,6-8H2,1H3,(H,20,23). The molecule has 4 N–H and O–H groups in total. The van der Waals surface area contributed by atoms with Crippen LogP contribution in [0.25, 0.3) is 33.8 Å². The molecule has 84 heavy (non-hydrogen) atoms. The summed E-state index contributed by atoms with van der Waals surface area (Å²) in [5, 5.41) is 6.76. The highest BCUT2D eigenvalue weighted by molar-refractivity contribution is 6.62. The number of H-pyrrole nitrogens is 2. The normalized spacial score (nSPS) is 21.5. The van der Waals surface area contributed by atoms with E-state index in [0.717, 1.165) is 196 Å². The highest BCUT2D eigenvalue weighted by Crippen LogP contribution is 2.47. The fourth-order valence-electron chi connectivity index (χ4n) is 13.8. The van der Waals surface area contributed by atoms with Gasteiger partial charge in [0.15, 0.2) is 0 Å². The lowest BCUT2D eigenvalue weighted by molar-refractivity contribution is 0.00578. The number of pyridine rings is 2. The molecule has 20 heteroatoms. The van der Waals surface area contributed by atoms with Gasteiger partial charge in [-0.05, 0) is 144 Å². The van der Waals surface area contributed by atoms with Crippen LogP contribution in [0.1, 0.15) is 82.1 Å². The van der Waals surface area contributed by atoms with Crippen molar-refractivity contribution in [3.8, 4) is 45.3 Å². The Morgan fingerprint density at radius 2 is 1.06 bits per heavy atom. The maximum absolute atomic E-state index is 12.9. The Balaban J connectivity index is 0.000000123. The number of halogens is 1. The van der Waals surface area contributed by atoms with Gasteiger partial charge in [-0.3, -0.25) is 24.4 Å². The summed E-state index contributed by atoms with van der Waals surface area (Å²) in [4.78, 5) is 51.1. The zero-order chi connectivity index (χ0) is 58.0. The molecule has 6 aromatic rings. The first-order chi connectivity index (χ1) is 40.5. The van der Waals surface area contributed by atoms with E-state index in [1.807, 2.05) is 54.9 Å². The van der Waals surface area contributed by atoms with Crippen LogP contribution in [0.15, 0.2) is 73.1 Å². The number of nitrogens with one attached hydrogen (secondary N) is 4. The zero-order valence-corrected chi connectivity index (χ0v) is 50.1. The lowest BCUT2D eigenvalue weighted by Crippen LogP contribution is -2.65. The number of fused-ring (bicyclic) bond motifs is 12. The monoisotopic (exact) mass is 1160 g/mol. The molecule has 11 heterocycles. The van der Waals surface area contributed by atoms with Crippen molar-refractivity contribution >= 4 is 36.0 Å². The van der Waals surface area contributed by atoms with Gasteiger partial charge in [0, 0.05) is 119 Å². The summed E-state index contributed by atoms with van der Waals surface area (Å²) < 4.78 is 34.7. The first kappa shape index (κ1) is 57.0. The van der Waals surface area contributed by atoms with Crippen molar-refractivity contribution in [3.63, 3.8) is 0 Å². The van der Waals surface area contributed by atoms with Crippen molar-refractivity contribution in [2.75, 3.05) is 132 Å². The summed E-state index contributed by atoms with van der Waals surface area (Å²) in [7, 11) is 3.93. The molecule has 0 saturated carbocycles. The number of nitrogens with zero attached hydrogens (tertiary/aromatic N) is 6. The summed E-state index contributed by atoms with van der Waals surface area (Å²) in [6.45, 7) is 24.0. The summed E-state index contributed by atoms with van der Waals surface area (Å²) in [6, 6.07) is 20.3. The van der Waals surface area contributed by atoms with Crippen LogP contribution >= 0.6 is 11.6 Å². The maximum Gasteiger partial charge on any atom is 0.494 e. The average molecular weight is 1160 g/mol. The number of hydrogen-bond acceptors (Lipinski definition) is 14. The minimum atomic E-state index is -0.322. The third-order valence-corrected chi connectivity index (χ3v) is 19.3. The Kier molecular flexibility index (Phi) is 15.6. The molecule has 442 valence electrons. The average Bonchev–Trinajstić information content (AvgIpc) is 1.65. The highest BCUT2D eigenvalue weighted by atomic mass is 35.5. The lowest BCUT2D eigenvalue weighted by atomic mass is 9.73. The van der Waals surface area contributed by atoms with Crippen LogP contribution in [0.5, 0.6) is 11.5 Å². The van der Waals surface area contributed by atoms with E-state index < -0.39 is 0 Å². The minimum Gasteiger partial charge on any atom is -0.492 e. The number of aryl methyl sites for hydroxylation is 2. The molecule has 0 unspecified atom stereocenters. The molecular weight excluding hydrogens is 1080 g/mol. The molecule has 0 radical (unpaired) electrons. The molecule has 0 bridgehead atoms. The molecule has 2 amide bonds. The lowest BCUT2D eigenvalue weighted by Gasteiger charge is -2.50. The molecule has 5 saturated heterocycles. The van der Waals surface area contributed by atoms with Crippen molar-refractivity contribution < 1.29 is 37.8 Å². The van der Waals surface area contributed by atoms with Gasteiger partial charge in [-0.15, -0.1) is 0 Å². The second-order valence-corrected chi connectivity index (χ2v) is 25.8. The van der Waals surface area contributed by atoms with Crippen molar-refractivity contribution in [1.29, 1.82) is 0 Å². The Morgan fingerprint density at radius 3 is 1.54 bits per heavy atom. The van der Waals surface area contributed by atoms with Crippen LogP contribution in [0.3, 0.4) is 0 Å². The number of benzene rings is 2. The van der Waals surface area contributed by atoms with E-state index in [4.69, 9.17) is 44.8 Å². The van der Waals surface area contributed by atoms with Crippen molar-refractivity contribution in [2.24, 2.45) is 0 Å². The largest absolute Gasteiger partial charge is 0.494 e. The smallest absolute Gasteiger partial charge is 0.492 e. The van der Waals surface area contributed by atoms with E-state index in [2.05, 4.69) is 105 Å². The first-order valence-corrected chi connectivity index (χ1v) is 30.4. The molecule has 4 aromatic heterocycles. The zero-order valence-electron chi connectivity index (χ0n) is 49.4. The van der Waals surface area contributed by atoms with Gasteiger partial charge in [0.1, 0.15) is 29.9 Å². The second-order valence-electron chi connectivity index (χ2n) is 25.4. The number of morpholine rings is 2. The minimum absolute atomic E-state index is 0.00294. The Morgan fingerprint density at radius 1 is 0.607 bits per heavy atom. The third-order valence-electron chi connectivity index (χ3n) is 19.1. The quantitative estimate of drug-likeness (QED) is 0.0935. The number of likely N-dealkylation sites (N-methyl/N-ethyl adjacent to an activating group) is 2. The number of likely N-dealkylation sites (tertiary alicyclic amines) is 2. The van der Waals surface area contributed by atoms with Crippen LogP contribution in [0.2, 0.25) is 5.15 Å². The molecule has 5 fully saturated rings. The fraction of sp³-hybridized carbons (Fsp3) is 0.500. The van der Waals surface area contributed by atoms with Crippen LogP contribution < -0.4 is 25.6 Å². The summed E-state index contributed by atoms with van der Waals surface area (Å²) in [6.07, 6.45) is 7.40. The molecule has 15 rings (SSSR count). The van der Waals surface area contributed by atoms with E-state index in [0.29, 0.717) is 31.5 Å². The number of carbonyl (C=O) groups is 2. The molecule has 0 atom stereocenters. The first-order valence-electron chi connectivity index (χ1n) is 30.0. The number of carbonyl (C=O) groups excluding carboxylic acids is 2. The predicted molar refractivity (Wildman–Crippen MR) is 324 cm³/mol. The van der Waals surface area contributed by atoms with Crippen molar-refractivity contribution in [3.05, 3.63) is 123 Å². The number of amides is 2. The second kappa shape index (κ2) is 22.9. The Hall–Kier alpha value is -6.13. The van der Waals surface area contributed by atoms with Crippen LogP contribution in [0.4, 0.5) is 0 Å². The van der Waals surface area contributed by atoms with Gasteiger partial charge in [0.05, 0.1) is 76.7 Å². The molecule has 2 spiro atoms. The van der Waals surface area contributed by atoms with E-state index in [1.54, 1.807) is 0 Å². The number of ether oxygens (including phenoxy) is 4. The van der Waals surface area contributed by atoms with E-state index in [1.165, 1.54) is 16.7 Å². The van der Waals surface area contributed by atoms with Crippen molar-refractivity contribution in [2.45, 2.75) is 75.4 Å². The van der Waals surface area contributed by atoms with Gasteiger partial charge in [0.2, 0.25) is 0 Å². The summed E-state index contributed by atoms with van der Waals surface area (Å²) in [5.41, 5.74) is 15.6. The molecule has 18 nitrogen and oxygen atoms in total. The summed E-state index contributed by atoms with van der Waals surface area (Å²) in [5.74, 6) is 1.87. The molecule has 2 aliphatic carbocycles. The van der Waals surface area contributed by atoms with Gasteiger partial charge in [-0.2, -0.15) is 0 Å². The third kappa shape index (κ3) is 11.0. The van der Waals surface area contributed by atoms with Gasteiger partial charge >= 0.3 is 7.12 Å². The fourth-order valence-corrected chi connectivity index (χ4v) is 14.0. The van der Waals surface area contributed by atoms with Crippen molar-refractivity contribution in [1.82, 2.24) is 50.2 Å². The van der Waals surface area contributed by atoms with E-state index in [9.17, 15) is 9.59 Å². The van der Waals surface area contributed by atoms with Crippen LogP contribution in [-0.2, 0) is 55.3 Å². The number of aromatic nitrogens is 4.